The zero-order valence-electron chi connectivity index (χ0n) is 16.0. The topological polar surface area (TPSA) is 84.7 Å². The predicted molar refractivity (Wildman–Crippen MR) is 116 cm³/mol. The van der Waals surface area contributed by atoms with Gasteiger partial charge in [-0.1, -0.05) is 11.6 Å². The van der Waals surface area contributed by atoms with Crippen LogP contribution < -0.4 is 10.3 Å². The summed E-state index contributed by atoms with van der Waals surface area (Å²) < 4.78 is 6.89. The highest BCUT2D eigenvalue weighted by Crippen LogP contribution is 2.34. The Morgan fingerprint density at radius 3 is 2.66 bits per heavy atom. The summed E-state index contributed by atoms with van der Waals surface area (Å²) in [5.41, 5.74) is 0.668. The third-order valence-electron chi connectivity index (χ3n) is 5.15. The van der Waals surface area contributed by atoms with E-state index in [1.54, 1.807) is 22.8 Å². The molecule has 2 aromatic heterocycles. The van der Waals surface area contributed by atoms with Crippen LogP contribution in [0.15, 0.2) is 34.0 Å². The summed E-state index contributed by atoms with van der Waals surface area (Å²) in [5, 5.41) is 10.8. The van der Waals surface area contributed by atoms with Gasteiger partial charge < -0.3 is 19.3 Å². The molecular weight excluding hydrogens is 414 g/mol. The summed E-state index contributed by atoms with van der Waals surface area (Å²) in [4.78, 5) is 32.3. The maximum atomic E-state index is 13.2. The molecule has 3 aromatic rings. The maximum absolute atomic E-state index is 13.2. The van der Waals surface area contributed by atoms with Crippen LogP contribution in [0.1, 0.15) is 6.92 Å². The largest absolute Gasteiger partial charge is 0.480 e. The third kappa shape index (κ3) is 3.35. The van der Waals surface area contributed by atoms with E-state index in [2.05, 4.69) is 4.90 Å². The van der Waals surface area contributed by atoms with Gasteiger partial charge in [-0.3, -0.25) is 9.59 Å². The SMILES string of the molecule is CCN(c1ccc2c(=O)c3ccc(Cl)c(SC)c3n(CC(=O)O)c2n1)C1COC1. The number of carboxylic acid groups (broad SMARTS) is 1. The lowest BCUT2D eigenvalue weighted by molar-refractivity contribution is -0.137. The molecule has 4 rings (SSSR count). The number of thioether (sulfide) groups is 1. The number of aliphatic carboxylic acids is 1. The van der Waals surface area contributed by atoms with Crippen molar-refractivity contribution in [2.45, 2.75) is 24.4 Å². The van der Waals surface area contributed by atoms with Gasteiger partial charge in [0.05, 0.1) is 40.1 Å². The molecule has 3 heterocycles. The predicted octanol–water partition coefficient (Wildman–Crippen LogP) is 3.23. The van der Waals surface area contributed by atoms with Gasteiger partial charge in [-0.15, -0.1) is 11.8 Å². The highest BCUT2D eigenvalue weighted by Gasteiger charge is 2.27. The van der Waals surface area contributed by atoms with Gasteiger partial charge in [-0.2, -0.15) is 0 Å². The minimum Gasteiger partial charge on any atom is -0.480 e. The molecule has 1 N–H and O–H groups in total. The first-order valence-electron chi connectivity index (χ1n) is 9.22. The molecule has 0 atom stereocenters. The summed E-state index contributed by atoms with van der Waals surface area (Å²) in [5.74, 6) is -0.325. The molecule has 1 aliphatic rings. The van der Waals surface area contributed by atoms with E-state index in [-0.39, 0.29) is 18.0 Å². The number of carboxylic acids is 1. The van der Waals surface area contributed by atoms with E-state index < -0.39 is 5.97 Å². The van der Waals surface area contributed by atoms with Crippen LogP contribution in [0.25, 0.3) is 21.9 Å². The summed E-state index contributed by atoms with van der Waals surface area (Å²) in [6, 6.07) is 7.09. The van der Waals surface area contributed by atoms with Gasteiger partial charge in [0, 0.05) is 11.9 Å². The number of pyridine rings is 2. The molecule has 0 spiro atoms. The van der Waals surface area contributed by atoms with Crippen molar-refractivity contribution < 1.29 is 14.6 Å². The van der Waals surface area contributed by atoms with Crippen LogP contribution in [-0.4, -0.2) is 52.7 Å². The lowest BCUT2D eigenvalue weighted by Crippen LogP contribution is -2.49. The first-order valence-corrected chi connectivity index (χ1v) is 10.8. The normalized spacial score (nSPS) is 14.3. The second-order valence-electron chi connectivity index (χ2n) is 6.80. The number of carbonyl (C=O) groups is 1. The molecule has 0 unspecified atom stereocenters. The number of likely N-dealkylation sites (N-methyl/N-ethyl adjacent to an activating group) is 1. The number of nitrogens with zero attached hydrogens (tertiary/aromatic N) is 3. The molecule has 0 amide bonds. The average Bonchev–Trinajstić information content (AvgIpc) is 2.66. The lowest BCUT2D eigenvalue weighted by atomic mass is 10.1. The Morgan fingerprint density at radius 2 is 2.07 bits per heavy atom. The van der Waals surface area contributed by atoms with Crippen LogP contribution in [0.3, 0.4) is 0 Å². The summed E-state index contributed by atoms with van der Waals surface area (Å²) in [7, 11) is 0. The van der Waals surface area contributed by atoms with E-state index in [4.69, 9.17) is 21.3 Å². The molecule has 0 bridgehead atoms. The summed E-state index contributed by atoms with van der Waals surface area (Å²) >= 11 is 7.74. The molecule has 152 valence electrons. The molecule has 29 heavy (non-hydrogen) atoms. The number of hydrogen-bond acceptors (Lipinski definition) is 6. The van der Waals surface area contributed by atoms with Crippen molar-refractivity contribution in [3.63, 3.8) is 0 Å². The van der Waals surface area contributed by atoms with Crippen LogP contribution in [-0.2, 0) is 16.1 Å². The summed E-state index contributed by atoms with van der Waals surface area (Å²) in [6.07, 6.45) is 1.85. The number of hydrogen-bond donors (Lipinski definition) is 1. The first kappa shape index (κ1) is 20.0. The molecule has 1 aromatic carbocycles. The van der Waals surface area contributed by atoms with E-state index in [0.717, 1.165) is 6.54 Å². The zero-order chi connectivity index (χ0) is 20.7. The lowest BCUT2D eigenvalue weighted by Gasteiger charge is -2.37. The number of benzene rings is 1. The van der Waals surface area contributed by atoms with Crippen molar-refractivity contribution in [1.82, 2.24) is 9.55 Å². The minimum atomic E-state index is -1.02. The zero-order valence-corrected chi connectivity index (χ0v) is 17.6. The highest BCUT2D eigenvalue weighted by molar-refractivity contribution is 7.99. The van der Waals surface area contributed by atoms with Crippen LogP contribution in [0, 0.1) is 0 Å². The smallest absolute Gasteiger partial charge is 0.323 e. The van der Waals surface area contributed by atoms with Crippen molar-refractivity contribution in [2.24, 2.45) is 0 Å². The first-order chi connectivity index (χ1) is 14.0. The second kappa shape index (κ2) is 7.85. The van der Waals surface area contributed by atoms with Crippen LogP contribution >= 0.6 is 23.4 Å². The van der Waals surface area contributed by atoms with Crippen LogP contribution in [0.4, 0.5) is 5.82 Å². The van der Waals surface area contributed by atoms with Crippen molar-refractivity contribution in [1.29, 1.82) is 0 Å². The Balaban J connectivity index is 2.08. The number of ether oxygens (including phenoxy) is 1. The Kier molecular flexibility index (Phi) is 5.42. The Bertz CT molecular complexity index is 1180. The number of anilines is 1. The van der Waals surface area contributed by atoms with Gasteiger partial charge in [-0.25, -0.2) is 4.98 Å². The Hall–Kier alpha value is -2.29. The Labute approximate surface area is 176 Å². The number of halogens is 1. The van der Waals surface area contributed by atoms with E-state index >= 15 is 0 Å². The molecule has 9 heteroatoms. The number of rotatable bonds is 6. The molecule has 1 saturated heterocycles. The quantitative estimate of drug-likeness (QED) is 0.471. The van der Waals surface area contributed by atoms with E-state index in [0.29, 0.717) is 50.9 Å². The van der Waals surface area contributed by atoms with Crippen molar-refractivity contribution in [2.75, 3.05) is 30.9 Å². The van der Waals surface area contributed by atoms with Crippen LogP contribution in [0.5, 0.6) is 0 Å². The number of fused-ring (bicyclic) bond motifs is 2. The van der Waals surface area contributed by atoms with Gasteiger partial charge in [-0.05, 0) is 37.4 Å². The maximum Gasteiger partial charge on any atom is 0.323 e. The van der Waals surface area contributed by atoms with Gasteiger partial charge >= 0.3 is 5.97 Å². The third-order valence-corrected chi connectivity index (χ3v) is 6.40. The highest BCUT2D eigenvalue weighted by atomic mass is 35.5. The molecule has 0 radical (unpaired) electrons. The minimum absolute atomic E-state index is 0.183. The number of aromatic nitrogens is 2. The molecule has 1 fully saturated rings. The fourth-order valence-corrected chi connectivity index (χ4v) is 4.78. The fourth-order valence-electron chi connectivity index (χ4n) is 3.72. The molecule has 0 saturated carbocycles. The molecule has 1 aliphatic heterocycles. The van der Waals surface area contributed by atoms with Crippen molar-refractivity contribution in [3.05, 3.63) is 39.5 Å². The molecule has 7 nitrogen and oxygen atoms in total. The average molecular weight is 434 g/mol. The Morgan fingerprint density at radius 1 is 1.34 bits per heavy atom. The van der Waals surface area contributed by atoms with Crippen LogP contribution in [0.2, 0.25) is 5.02 Å². The van der Waals surface area contributed by atoms with Gasteiger partial charge in [0.25, 0.3) is 0 Å². The molecular formula is C20H20ClN3O4S. The van der Waals surface area contributed by atoms with E-state index in [1.807, 2.05) is 19.2 Å². The van der Waals surface area contributed by atoms with E-state index in [9.17, 15) is 14.7 Å². The van der Waals surface area contributed by atoms with Crippen molar-refractivity contribution >= 4 is 57.1 Å². The van der Waals surface area contributed by atoms with Crippen molar-refractivity contribution in [3.8, 4) is 0 Å². The van der Waals surface area contributed by atoms with Gasteiger partial charge in [0.2, 0.25) is 0 Å². The standard InChI is InChI=1S/C20H20ClN3O4S/c1-3-23(11-9-28-10-11)15-7-5-13-18(27)12-4-6-14(21)19(29-2)17(12)24(8-16(25)26)20(13)22-15/h4-7,11H,3,8-10H2,1-2H3,(H,25,26). The molecule has 0 aliphatic carbocycles. The van der Waals surface area contributed by atoms with E-state index in [1.165, 1.54) is 11.8 Å². The second-order valence-corrected chi connectivity index (χ2v) is 8.03. The van der Waals surface area contributed by atoms with Gasteiger partial charge in [0.15, 0.2) is 5.43 Å². The monoisotopic (exact) mass is 433 g/mol. The summed E-state index contributed by atoms with van der Waals surface area (Å²) in [6.45, 7) is 3.68. The fraction of sp³-hybridized carbons (Fsp3) is 0.350. The van der Waals surface area contributed by atoms with Gasteiger partial charge in [0.1, 0.15) is 18.0 Å².